The molecule has 0 bridgehead atoms. The van der Waals surface area contributed by atoms with Crippen molar-refractivity contribution in [2.75, 3.05) is 0 Å². The fraction of sp³-hybridized carbons (Fsp3) is 0.433. The molecule has 0 aromatic heterocycles. The molecule has 3 aliphatic carbocycles. The standard InChI is InChI=1S/C21H25.C5H5.C4H6.2ClH.Hf/c1-20(2,3)16-9-7-14-11-15-8-10-17(21(4,5)6)13-19(15)18(14)12-16;1-2-4-5-3-1;1-2-4-3-1;;;/h7,9-10,12-13H,11H2,1-6H3;1-3H,4H2;1-3H2;2*1H;/q2*-1;;;;+2/p-2. The van der Waals surface area contributed by atoms with Gasteiger partial charge in [0.05, 0.1) is 0 Å². The molecule has 176 valence electrons. The summed E-state index contributed by atoms with van der Waals surface area (Å²) in [5.41, 5.74) is 8.76. The van der Waals surface area contributed by atoms with Gasteiger partial charge >= 0.3 is 46.4 Å². The summed E-state index contributed by atoms with van der Waals surface area (Å²) < 4.78 is 1.82. The van der Waals surface area contributed by atoms with E-state index in [1.807, 2.05) is 15.4 Å². The quantitative estimate of drug-likeness (QED) is 0.259. The predicted octanol–water partition coefficient (Wildman–Crippen LogP) is 1.86. The summed E-state index contributed by atoms with van der Waals surface area (Å²) >= 11 is 1.37. The van der Waals surface area contributed by atoms with Gasteiger partial charge in [0.25, 0.3) is 0 Å². The van der Waals surface area contributed by atoms with Crippen LogP contribution in [0.15, 0.2) is 48.6 Å². The monoisotopic (exact) mass is 646 g/mol. The van der Waals surface area contributed by atoms with E-state index in [-0.39, 0.29) is 35.6 Å². The Hall–Kier alpha value is -0.760. The van der Waals surface area contributed by atoms with Crippen molar-refractivity contribution in [2.45, 2.75) is 84.5 Å². The molecule has 5 rings (SSSR count). The van der Waals surface area contributed by atoms with E-state index in [0.29, 0.717) is 0 Å². The fourth-order valence-electron chi connectivity index (χ4n) is 3.68. The third kappa shape index (κ3) is 8.44. The molecule has 0 N–H and O–H groups in total. The zero-order valence-electron chi connectivity index (χ0n) is 20.9. The van der Waals surface area contributed by atoms with Crippen LogP contribution in [0.25, 0.3) is 11.1 Å². The van der Waals surface area contributed by atoms with Gasteiger partial charge in [-0.1, -0.05) is 76.3 Å². The van der Waals surface area contributed by atoms with E-state index in [1.54, 1.807) is 0 Å². The van der Waals surface area contributed by atoms with Crippen LogP contribution in [0.3, 0.4) is 0 Å². The first-order chi connectivity index (χ1) is 14.6. The Balaban J connectivity index is 0.000000375. The summed E-state index contributed by atoms with van der Waals surface area (Å²) in [5, 5.41) is 0. The molecule has 2 aromatic carbocycles. The molecule has 0 amide bonds. The predicted molar refractivity (Wildman–Crippen MR) is 131 cm³/mol. The van der Waals surface area contributed by atoms with Crippen LogP contribution < -0.4 is 24.8 Å². The zero-order valence-corrected chi connectivity index (χ0v) is 26.0. The van der Waals surface area contributed by atoms with Crippen LogP contribution in [-0.2, 0) is 41.1 Å². The third-order valence-electron chi connectivity index (χ3n) is 6.07. The van der Waals surface area contributed by atoms with Crippen molar-refractivity contribution < 1.29 is 48.7 Å². The molecule has 0 nitrogen and oxygen atoms in total. The Labute approximate surface area is 229 Å². The van der Waals surface area contributed by atoms with Crippen molar-refractivity contribution >= 4 is 3.26 Å². The van der Waals surface area contributed by atoms with Gasteiger partial charge in [-0.05, 0) is 17.4 Å². The molecule has 0 aliphatic heterocycles. The van der Waals surface area contributed by atoms with Gasteiger partial charge < -0.3 is 24.8 Å². The summed E-state index contributed by atoms with van der Waals surface area (Å²) in [4.78, 5) is 0. The second kappa shape index (κ2) is 12.8. The van der Waals surface area contributed by atoms with Gasteiger partial charge in [-0.25, -0.2) is 12.2 Å². The maximum absolute atomic E-state index is 3.53. The number of halogens is 2. The summed E-state index contributed by atoms with van der Waals surface area (Å²) in [5.74, 6) is 0. The van der Waals surface area contributed by atoms with Crippen LogP contribution in [0.5, 0.6) is 0 Å². The maximum atomic E-state index is 3.53. The van der Waals surface area contributed by atoms with E-state index in [0.717, 1.165) is 12.8 Å². The van der Waals surface area contributed by atoms with Gasteiger partial charge in [-0.2, -0.15) is 35.4 Å². The molecule has 2 aromatic rings. The minimum atomic E-state index is 0. The van der Waals surface area contributed by atoms with Crippen molar-refractivity contribution in [1.82, 2.24) is 0 Å². The Bertz CT molecular complexity index is 923. The van der Waals surface area contributed by atoms with Gasteiger partial charge in [-0.15, -0.1) is 12.0 Å². The number of allylic oxidation sites excluding steroid dienone is 4. The molecule has 0 atom stereocenters. The van der Waals surface area contributed by atoms with E-state index in [9.17, 15) is 0 Å². The van der Waals surface area contributed by atoms with Crippen LogP contribution in [-0.4, -0.2) is 3.26 Å². The van der Waals surface area contributed by atoms with Crippen molar-refractivity contribution in [2.24, 2.45) is 0 Å². The van der Waals surface area contributed by atoms with E-state index in [2.05, 4.69) is 90.1 Å². The first-order valence-electron chi connectivity index (χ1n) is 11.5. The molecule has 1 saturated carbocycles. The van der Waals surface area contributed by atoms with Crippen LogP contribution in [0.2, 0.25) is 0 Å². The Morgan fingerprint density at radius 2 is 1.45 bits per heavy atom. The molecule has 33 heavy (non-hydrogen) atoms. The van der Waals surface area contributed by atoms with Crippen molar-refractivity contribution in [3.63, 3.8) is 0 Å². The van der Waals surface area contributed by atoms with Gasteiger partial charge in [0, 0.05) is 0 Å². The van der Waals surface area contributed by atoms with E-state index < -0.39 is 0 Å². The third-order valence-corrected chi connectivity index (χ3v) is 7.87. The molecule has 3 aliphatic rings. The molecule has 1 fully saturated rings. The number of hydrogen-bond acceptors (Lipinski definition) is 0. The molecule has 0 spiro atoms. The second-order valence-electron chi connectivity index (χ2n) is 10.8. The number of hydrogen-bond donors (Lipinski definition) is 0. The summed E-state index contributed by atoms with van der Waals surface area (Å²) in [6, 6.07) is 15.1. The first-order valence-corrected chi connectivity index (χ1v) is 13.3. The zero-order chi connectivity index (χ0) is 22.6. The summed E-state index contributed by atoms with van der Waals surface area (Å²) in [6.45, 7) is 13.6. The van der Waals surface area contributed by atoms with E-state index >= 15 is 0 Å². The van der Waals surface area contributed by atoms with Crippen molar-refractivity contribution in [3.05, 3.63) is 83.0 Å². The van der Waals surface area contributed by atoms with Gasteiger partial charge in [0.2, 0.25) is 0 Å². The molecule has 3 heteroatoms. The van der Waals surface area contributed by atoms with Crippen molar-refractivity contribution in [1.29, 1.82) is 0 Å². The SMILES string of the molecule is CC(C)(C)c1c[c-]c2c(c1)-c1cc(C(C)(C)C)ccc1C2.[C-]1=CC=CC1.[Cl-].[Cl-].[Hf+2]=[C]1CCC1. The molecule has 0 unspecified atom stereocenters. The Kier molecular flexibility index (Phi) is 11.7. The van der Waals surface area contributed by atoms with Gasteiger partial charge in [-0.3, -0.25) is 6.08 Å². The van der Waals surface area contributed by atoms with Gasteiger partial charge in [0.1, 0.15) is 0 Å². The average molecular weight is 646 g/mol. The van der Waals surface area contributed by atoms with Crippen molar-refractivity contribution in [3.8, 4) is 11.1 Å². The molecular weight excluding hydrogens is 610 g/mol. The van der Waals surface area contributed by atoms with Crippen LogP contribution >= 0.6 is 0 Å². The summed E-state index contributed by atoms with van der Waals surface area (Å²) in [6.07, 6.45) is 15.4. The number of rotatable bonds is 0. The van der Waals surface area contributed by atoms with Crippen LogP contribution in [0.4, 0.5) is 0 Å². The average Bonchev–Trinajstić information content (AvgIpc) is 3.36. The van der Waals surface area contributed by atoms with E-state index in [4.69, 9.17) is 0 Å². The Morgan fingerprint density at radius 1 is 0.848 bits per heavy atom. The summed E-state index contributed by atoms with van der Waals surface area (Å²) in [7, 11) is 0. The number of benzene rings is 2. The number of fused-ring (bicyclic) bond motifs is 3. The molecular formula is C30H36Cl2Hf-2. The fourth-order valence-corrected chi connectivity index (χ4v) is 4.95. The topological polar surface area (TPSA) is 0 Å². The normalized spacial score (nSPS) is 15.0. The van der Waals surface area contributed by atoms with E-state index in [1.165, 1.54) is 76.5 Å². The van der Waals surface area contributed by atoms with Gasteiger partial charge in [0.15, 0.2) is 0 Å². The molecule has 0 heterocycles. The van der Waals surface area contributed by atoms with Crippen LogP contribution in [0, 0.1) is 12.1 Å². The Morgan fingerprint density at radius 3 is 1.88 bits per heavy atom. The van der Waals surface area contributed by atoms with Crippen LogP contribution in [0.1, 0.15) is 89.5 Å². The first kappa shape index (κ1) is 30.3. The molecule has 0 saturated heterocycles. The molecule has 0 radical (unpaired) electrons. The second-order valence-corrected chi connectivity index (χ2v) is 13.3. The minimum absolute atomic E-state index is 0.